The normalized spacial score (nSPS) is 12.5. The van der Waals surface area contributed by atoms with Crippen molar-refractivity contribution in [1.29, 1.82) is 0 Å². The Bertz CT molecular complexity index is 341. The lowest BCUT2D eigenvalue weighted by molar-refractivity contribution is -0.129. The van der Waals surface area contributed by atoms with Gasteiger partial charge in [-0.3, -0.25) is 10.0 Å². The molecule has 0 radical (unpaired) electrons. The van der Waals surface area contributed by atoms with E-state index in [0.717, 1.165) is 25.7 Å². The number of carbonyl (C=O) groups is 1. The molecule has 0 aliphatic heterocycles. The molecule has 5 nitrogen and oxygen atoms in total. The topological polar surface area (TPSA) is 69.6 Å². The van der Waals surface area contributed by atoms with Crippen molar-refractivity contribution in [3.05, 3.63) is 0 Å². The molecule has 0 spiro atoms. The van der Waals surface area contributed by atoms with E-state index in [-0.39, 0.29) is 6.54 Å². The van der Waals surface area contributed by atoms with Crippen LogP contribution in [-0.4, -0.2) is 38.5 Å². The first-order chi connectivity index (χ1) is 12.2. The number of hydroxylamine groups is 1. The first-order valence-electron chi connectivity index (χ1n) is 10.2. The standard InChI is InChI=1S/C19H40N2O3S/c1-3-5-7-9-11-12-14-16-21(18-19(22)20-23)25(24)17-15-13-10-8-6-4-2/h23H,3-18H2,1-2H3,(H,20,22). The number of hydrogen-bond donors (Lipinski definition) is 2. The Hall–Kier alpha value is -0.460. The molecule has 0 aliphatic carbocycles. The highest BCUT2D eigenvalue weighted by Crippen LogP contribution is 2.10. The summed E-state index contributed by atoms with van der Waals surface area (Å²) in [6.07, 6.45) is 15.3. The average Bonchev–Trinajstić information content (AvgIpc) is 2.62. The van der Waals surface area contributed by atoms with Gasteiger partial charge in [0.1, 0.15) is 0 Å². The van der Waals surface area contributed by atoms with Crippen molar-refractivity contribution in [3.8, 4) is 0 Å². The van der Waals surface area contributed by atoms with Gasteiger partial charge >= 0.3 is 0 Å². The molecule has 0 heterocycles. The summed E-state index contributed by atoms with van der Waals surface area (Å²) in [4.78, 5) is 11.4. The van der Waals surface area contributed by atoms with Gasteiger partial charge in [-0.05, 0) is 12.8 Å². The molecule has 0 aromatic carbocycles. The fourth-order valence-corrected chi connectivity index (χ4v) is 4.13. The second kappa shape index (κ2) is 18.3. The van der Waals surface area contributed by atoms with E-state index in [0.29, 0.717) is 12.3 Å². The molecule has 1 atom stereocenters. The van der Waals surface area contributed by atoms with Gasteiger partial charge in [-0.15, -0.1) is 0 Å². The highest BCUT2D eigenvalue weighted by atomic mass is 32.2. The molecular formula is C19H40N2O3S. The molecular weight excluding hydrogens is 336 g/mol. The van der Waals surface area contributed by atoms with E-state index < -0.39 is 16.9 Å². The third-order valence-electron chi connectivity index (χ3n) is 4.42. The van der Waals surface area contributed by atoms with Crippen LogP contribution in [0.2, 0.25) is 0 Å². The molecule has 0 aromatic heterocycles. The Morgan fingerprint density at radius 1 is 0.840 bits per heavy atom. The maximum absolute atomic E-state index is 12.5. The summed E-state index contributed by atoms with van der Waals surface area (Å²) in [5, 5.41) is 8.73. The summed E-state index contributed by atoms with van der Waals surface area (Å²) in [5.41, 5.74) is 1.65. The van der Waals surface area contributed by atoms with Crippen LogP contribution in [0.3, 0.4) is 0 Å². The molecule has 2 N–H and O–H groups in total. The van der Waals surface area contributed by atoms with Gasteiger partial charge < -0.3 is 0 Å². The minimum atomic E-state index is -1.14. The van der Waals surface area contributed by atoms with Gasteiger partial charge in [-0.1, -0.05) is 84.5 Å². The van der Waals surface area contributed by atoms with Crippen molar-refractivity contribution in [3.63, 3.8) is 0 Å². The van der Waals surface area contributed by atoms with Crippen molar-refractivity contribution in [2.75, 3.05) is 18.8 Å². The van der Waals surface area contributed by atoms with Gasteiger partial charge in [0.05, 0.1) is 17.5 Å². The Morgan fingerprint density at radius 2 is 1.32 bits per heavy atom. The van der Waals surface area contributed by atoms with E-state index in [1.54, 1.807) is 9.79 Å². The monoisotopic (exact) mass is 376 g/mol. The lowest BCUT2D eigenvalue weighted by Crippen LogP contribution is -2.38. The molecule has 25 heavy (non-hydrogen) atoms. The zero-order chi connectivity index (χ0) is 18.8. The van der Waals surface area contributed by atoms with Crippen molar-refractivity contribution in [2.24, 2.45) is 0 Å². The van der Waals surface area contributed by atoms with Crippen LogP contribution in [0.25, 0.3) is 0 Å². The van der Waals surface area contributed by atoms with Crippen molar-refractivity contribution in [1.82, 2.24) is 9.79 Å². The van der Waals surface area contributed by atoms with Crippen LogP contribution in [0.5, 0.6) is 0 Å². The molecule has 1 amide bonds. The maximum Gasteiger partial charge on any atom is 0.258 e. The van der Waals surface area contributed by atoms with Gasteiger partial charge in [0.25, 0.3) is 5.91 Å². The molecule has 1 unspecified atom stereocenters. The van der Waals surface area contributed by atoms with E-state index in [4.69, 9.17) is 5.21 Å². The first kappa shape index (κ1) is 24.5. The second-order valence-electron chi connectivity index (χ2n) is 6.81. The summed E-state index contributed by atoms with van der Waals surface area (Å²) in [7, 11) is -1.14. The van der Waals surface area contributed by atoms with Crippen LogP contribution in [-0.2, 0) is 15.8 Å². The summed E-state index contributed by atoms with van der Waals surface area (Å²) in [6, 6.07) is 0. The van der Waals surface area contributed by atoms with Crippen molar-refractivity contribution in [2.45, 2.75) is 97.3 Å². The molecule has 0 saturated heterocycles. The number of hydrogen-bond acceptors (Lipinski definition) is 3. The number of amides is 1. The van der Waals surface area contributed by atoms with Crippen LogP contribution in [0.1, 0.15) is 97.3 Å². The molecule has 0 aromatic rings. The first-order valence-corrected chi connectivity index (χ1v) is 11.5. The minimum Gasteiger partial charge on any atom is -0.289 e. The van der Waals surface area contributed by atoms with Gasteiger partial charge in [0.2, 0.25) is 0 Å². The fourth-order valence-electron chi connectivity index (χ4n) is 2.83. The minimum absolute atomic E-state index is 0.00871. The summed E-state index contributed by atoms with van der Waals surface area (Å²) < 4.78 is 14.2. The Labute approximate surface area is 157 Å². The summed E-state index contributed by atoms with van der Waals surface area (Å²) in [6.45, 7) is 5.07. The van der Waals surface area contributed by atoms with E-state index >= 15 is 0 Å². The average molecular weight is 377 g/mol. The van der Waals surface area contributed by atoms with Crippen LogP contribution in [0.4, 0.5) is 0 Å². The fraction of sp³-hybridized carbons (Fsp3) is 0.947. The molecule has 6 heteroatoms. The molecule has 0 fully saturated rings. The number of nitrogens with one attached hydrogen (secondary N) is 1. The molecule has 0 rings (SSSR count). The van der Waals surface area contributed by atoms with Crippen molar-refractivity contribution >= 4 is 16.9 Å². The van der Waals surface area contributed by atoms with Crippen LogP contribution in [0.15, 0.2) is 0 Å². The summed E-state index contributed by atoms with van der Waals surface area (Å²) >= 11 is 0. The zero-order valence-electron chi connectivity index (χ0n) is 16.4. The quantitative estimate of drug-likeness (QED) is 0.209. The van der Waals surface area contributed by atoms with E-state index in [9.17, 15) is 9.00 Å². The van der Waals surface area contributed by atoms with Gasteiger partial charge in [-0.2, -0.15) is 0 Å². The summed E-state index contributed by atoms with van der Waals surface area (Å²) in [5.74, 6) is 0.126. The van der Waals surface area contributed by atoms with E-state index in [2.05, 4.69) is 13.8 Å². The Kier molecular flexibility index (Phi) is 18.0. The van der Waals surface area contributed by atoms with Gasteiger partial charge in [0.15, 0.2) is 0 Å². The lowest BCUT2D eigenvalue weighted by atomic mass is 10.1. The number of rotatable bonds is 18. The highest BCUT2D eigenvalue weighted by molar-refractivity contribution is 7.82. The van der Waals surface area contributed by atoms with Gasteiger partial charge in [-0.25, -0.2) is 14.0 Å². The lowest BCUT2D eigenvalue weighted by Gasteiger charge is -2.20. The third kappa shape index (κ3) is 15.5. The predicted octanol–water partition coefficient (Wildman–Crippen LogP) is 4.57. The van der Waals surface area contributed by atoms with Crippen LogP contribution < -0.4 is 5.48 Å². The number of carbonyl (C=O) groups excluding carboxylic acids is 1. The molecule has 150 valence electrons. The smallest absolute Gasteiger partial charge is 0.258 e. The largest absolute Gasteiger partial charge is 0.289 e. The SMILES string of the molecule is CCCCCCCCCN(CC(=O)NO)S(=O)CCCCCCCC. The van der Waals surface area contributed by atoms with Crippen molar-refractivity contribution < 1.29 is 14.2 Å². The van der Waals surface area contributed by atoms with Gasteiger partial charge in [0, 0.05) is 12.3 Å². The highest BCUT2D eigenvalue weighted by Gasteiger charge is 2.16. The Balaban J connectivity index is 4.01. The zero-order valence-corrected chi connectivity index (χ0v) is 17.2. The van der Waals surface area contributed by atoms with E-state index in [1.165, 1.54) is 57.8 Å². The molecule has 0 aliphatic rings. The second-order valence-corrected chi connectivity index (χ2v) is 8.38. The van der Waals surface area contributed by atoms with Crippen LogP contribution in [0, 0.1) is 0 Å². The number of nitrogens with zero attached hydrogens (tertiary/aromatic N) is 1. The Morgan fingerprint density at radius 3 is 1.84 bits per heavy atom. The van der Waals surface area contributed by atoms with E-state index in [1.807, 2.05) is 0 Å². The maximum atomic E-state index is 12.5. The number of unbranched alkanes of at least 4 members (excludes halogenated alkanes) is 11. The van der Waals surface area contributed by atoms with Crippen LogP contribution >= 0.6 is 0 Å². The molecule has 0 saturated carbocycles. The molecule has 0 bridgehead atoms. The third-order valence-corrected chi connectivity index (χ3v) is 5.94. The predicted molar refractivity (Wildman–Crippen MR) is 106 cm³/mol.